The predicted octanol–water partition coefficient (Wildman–Crippen LogP) is -1.39. The Morgan fingerprint density at radius 1 is 1.17 bits per heavy atom. The smallest absolute Gasteiger partial charge is 0.253 e. The standard InChI is InChI=1S/C13H17FN2O.ClH/c1-2-15-7-9-16(10-8-15)13(17)11-3-5-12(14)6-4-11;/h3-6H,2,7-10H2,1H3;1H/p-1. The molecule has 1 amide bonds. The van der Waals surface area contributed by atoms with E-state index in [0.717, 1.165) is 32.7 Å². The normalized spacial score (nSPS) is 16.2. The van der Waals surface area contributed by atoms with Gasteiger partial charge in [0.05, 0.1) is 0 Å². The molecule has 3 nitrogen and oxygen atoms in total. The van der Waals surface area contributed by atoms with E-state index < -0.39 is 0 Å². The lowest BCUT2D eigenvalue weighted by molar-refractivity contribution is -0.0000147. The van der Waals surface area contributed by atoms with Gasteiger partial charge in [-0.25, -0.2) is 4.39 Å². The van der Waals surface area contributed by atoms with Gasteiger partial charge in [0, 0.05) is 31.7 Å². The fourth-order valence-corrected chi connectivity index (χ4v) is 2.04. The van der Waals surface area contributed by atoms with Crippen molar-refractivity contribution in [1.82, 2.24) is 9.80 Å². The number of piperazine rings is 1. The van der Waals surface area contributed by atoms with Crippen LogP contribution in [0.2, 0.25) is 0 Å². The summed E-state index contributed by atoms with van der Waals surface area (Å²) in [6.45, 7) is 6.50. The van der Waals surface area contributed by atoms with Crippen molar-refractivity contribution in [3.8, 4) is 0 Å². The van der Waals surface area contributed by atoms with Crippen LogP contribution < -0.4 is 12.4 Å². The number of benzene rings is 1. The zero-order valence-corrected chi connectivity index (χ0v) is 11.2. The molecule has 0 atom stereocenters. The van der Waals surface area contributed by atoms with E-state index >= 15 is 0 Å². The summed E-state index contributed by atoms with van der Waals surface area (Å²) in [6, 6.07) is 5.75. The van der Waals surface area contributed by atoms with E-state index in [9.17, 15) is 9.18 Å². The quantitative estimate of drug-likeness (QED) is 0.661. The Morgan fingerprint density at radius 2 is 1.72 bits per heavy atom. The molecule has 1 saturated heterocycles. The number of hydrogen-bond donors (Lipinski definition) is 0. The Bertz CT molecular complexity index is 388. The topological polar surface area (TPSA) is 23.6 Å². The summed E-state index contributed by atoms with van der Waals surface area (Å²) in [7, 11) is 0. The number of amides is 1. The zero-order chi connectivity index (χ0) is 12.3. The molecule has 0 radical (unpaired) electrons. The van der Waals surface area contributed by atoms with Crippen LogP contribution in [0.15, 0.2) is 24.3 Å². The van der Waals surface area contributed by atoms with Gasteiger partial charge in [-0.1, -0.05) is 6.92 Å². The minimum absolute atomic E-state index is 0. The van der Waals surface area contributed by atoms with E-state index in [1.165, 1.54) is 12.1 Å². The first-order valence-electron chi connectivity index (χ1n) is 5.98. The predicted molar refractivity (Wildman–Crippen MR) is 64.4 cm³/mol. The van der Waals surface area contributed by atoms with Gasteiger partial charge in [-0.2, -0.15) is 0 Å². The van der Waals surface area contributed by atoms with Gasteiger partial charge in [-0.3, -0.25) is 4.79 Å². The van der Waals surface area contributed by atoms with Gasteiger partial charge in [0.1, 0.15) is 5.82 Å². The third-order valence-electron chi connectivity index (χ3n) is 3.20. The van der Waals surface area contributed by atoms with Gasteiger partial charge < -0.3 is 22.2 Å². The fraction of sp³-hybridized carbons (Fsp3) is 0.462. The van der Waals surface area contributed by atoms with Crippen molar-refractivity contribution in [3.05, 3.63) is 35.6 Å². The second-order valence-electron chi connectivity index (χ2n) is 4.23. The van der Waals surface area contributed by atoms with Crippen LogP contribution in [0.25, 0.3) is 0 Å². The Hall–Kier alpha value is -1.13. The Labute approximate surface area is 113 Å². The molecule has 18 heavy (non-hydrogen) atoms. The van der Waals surface area contributed by atoms with Gasteiger partial charge in [-0.05, 0) is 30.8 Å². The summed E-state index contributed by atoms with van der Waals surface area (Å²) in [5.74, 6) is -0.307. The van der Waals surface area contributed by atoms with Crippen LogP contribution in [0.4, 0.5) is 4.39 Å². The van der Waals surface area contributed by atoms with Crippen LogP contribution in [0.3, 0.4) is 0 Å². The van der Waals surface area contributed by atoms with E-state index in [4.69, 9.17) is 0 Å². The van der Waals surface area contributed by atoms with Crippen LogP contribution >= 0.6 is 0 Å². The van der Waals surface area contributed by atoms with E-state index in [0.29, 0.717) is 5.56 Å². The van der Waals surface area contributed by atoms with Gasteiger partial charge in [0.15, 0.2) is 0 Å². The van der Waals surface area contributed by atoms with Crippen LogP contribution in [0, 0.1) is 5.82 Å². The molecule has 0 bridgehead atoms. The highest BCUT2D eigenvalue weighted by Gasteiger charge is 2.20. The maximum absolute atomic E-state index is 12.8. The first kappa shape index (κ1) is 14.9. The molecule has 0 unspecified atom stereocenters. The van der Waals surface area contributed by atoms with Crippen LogP contribution in [0.5, 0.6) is 0 Å². The lowest BCUT2D eigenvalue weighted by atomic mass is 10.2. The Balaban J connectivity index is 0.00000162. The summed E-state index contributed by atoms with van der Waals surface area (Å²) in [5.41, 5.74) is 0.566. The number of carbonyl (C=O) groups is 1. The fourth-order valence-electron chi connectivity index (χ4n) is 2.04. The third kappa shape index (κ3) is 3.43. The molecule has 5 heteroatoms. The van der Waals surface area contributed by atoms with Gasteiger partial charge in [-0.15, -0.1) is 0 Å². The average Bonchev–Trinajstić information content (AvgIpc) is 2.39. The summed E-state index contributed by atoms with van der Waals surface area (Å²) in [4.78, 5) is 16.2. The maximum atomic E-state index is 12.8. The largest absolute Gasteiger partial charge is 1.00 e. The molecule has 1 aromatic carbocycles. The average molecular weight is 272 g/mol. The summed E-state index contributed by atoms with van der Waals surface area (Å²) in [5, 5.41) is 0. The van der Waals surface area contributed by atoms with Gasteiger partial charge in [0.25, 0.3) is 5.91 Å². The lowest BCUT2D eigenvalue weighted by Crippen LogP contribution is -3.00. The number of carbonyl (C=O) groups excluding carboxylic acids is 1. The van der Waals surface area contributed by atoms with E-state index in [2.05, 4.69) is 11.8 Å². The van der Waals surface area contributed by atoms with Crippen molar-refractivity contribution in [3.63, 3.8) is 0 Å². The van der Waals surface area contributed by atoms with E-state index in [1.807, 2.05) is 4.90 Å². The highest BCUT2D eigenvalue weighted by molar-refractivity contribution is 5.94. The molecule has 1 aromatic rings. The number of rotatable bonds is 2. The molecule has 0 aliphatic carbocycles. The first-order valence-corrected chi connectivity index (χ1v) is 5.98. The van der Waals surface area contributed by atoms with Crippen molar-refractivity contribution < 1.29 is 21.6 Å². The van der Waals surface area contributed by atoms with Crippen LogP contribution in [-0.2, 0) is 0 Å². The minimum atomic E-state index is -0.308. The molecule has 2 rings (SSSR count). The minimum Gasteiger partial charge on any atom is -1.00 e. The molecule has 1 fully saturated rings. The third-order valence-corrected chi connectivity index (χ3v) is 3.20. The summed E-state index contributed by atoms with van der Waals surface area (Å²) in [6.07, 6.45) is 0. The Morgan fingerprint density at radius 3 is 2.22 bits per heavy atom. The molecule has 0 N–H and O–H groups in total. The van der Waals surface area contributed by atoms with Crippen molar-refractivity contribution in [2.75, 3.05) is 32.7 Å². The van der Waals surface area contributed by atoms with Gasteiger partial charge >= 0.3 is 0 Å². The number of likely N-dealkylation sites (N-methyl/N-ethyl adjacent to an activating group) is 1. The van der Waals surface area contributed by atoms with Crippen LogP contribution in [0.1, 0.15) is 17.3 Å². The highest BCUT2D eigenvalue weighted by atomic mass is 35.5. The van der Waals surface area contributed by atoms with Crippen molar-refractivity contribution in [2.24, 2.45) is 0 Å². The monoisotopic (exact) mass is 271 g/mol. The van der Waals surface area contributed by atoms with Gasteiger partial charge in [0.2, 0.25) is 0 Å². The second kappa shape index (κ2) is 6.71. The number of nitrogens with zero attached hydrogens (tertiary/aromatic N) is 2. The van der Waals surface area contributed by atoms with Crippen LogP contribution in [-0.4, -0.2) is 48.4 Å². The van der Waals surface area contributed by atoms with Crippen molar-refractivity contribution >= 4 is 5.91 Å². The van der Waals surface area contributed by atoms with Crippen molar-refractivity contribution in [2.45, 2.75) is 6.92 Å². The van der Waals surface area contributed by atoms with Crippen molar-refractivity contribution in [1.29, 1.82) is 0 Å². The summed E-state index contributed by atoms with van der Waals surface area (Å²) < 4.78 is 12.8. The van der Waals surface area contributed by atoms with E-state index in [1.54, 1.807) is 12.1 Å². The lowest BCUT2D eigenvalue weighted by Gasteiger charge is -2.34. The first-order chi connectivity index (χ1) is 8.20. The summed E-state index contributed by atoms with van der Waals surface area (Å²) >= 11 is 0. The molecule has 0 spiro atoms. The molecule has 1 aliphatic heterocycles. The number of halogens is 2. The number of hydrogen-bond acceptors (Lipinski definition) is 2. The molecule has 0 saturated carbocycles. The highest BCUT2D eigenvalue weighted by Crippen LogP contribution is 2.09. The maximum Gasteiger partial charge on any atom is 0.253 e. The second-order valence-corrected chi connectivity index (χ2v) is 4.23. The molecule has 1 aliphatic rings. The molecule has 100 valence electrons. The zero-order valence-electron chi connectivity index (χ0n) is 10.4. The molecule has 0 aromatic heterocycles. The van der Waals surface area contributed by atoms with E-state index in [-0.39, 0.29) is 24.1 Å². The molecular weight excluding hydrogens is 255 g/mol. The Kier molecular flexibility index (Phi) is 5.56. The molecular formula is C13H17ClFN2O-. The SMILES string of the molecule is CCN1CCN(C(=O)c2ccc(F)cc2)CC1.[Cl-]. The molecule has 1 heterocycles.